The summed E-state index contributed by atoms with van der Waals surface area (Å²) in [5, 5.41) is 18.5. The molecular weight excluding hydrogens is 354 g/mol. The number of nitriles is 1. The molecule has 1 heterocycles. The molecule has 6 nitrogen and oxygen atoms in total. The minimum Gasteiger partial charge on any atom is -0.506 e. The Balaban J connectivity index is 1.79. The Kier molecular flexibility index (Phi) is 4.83. The average molecular weight is 370 g/mol. The first-order valence-electron chi connectivity index (χ1n) is 8.00. The van der Waals surface area contributed by atoms with E-state index in [0.29, 0.717) is 23.4 Å². The molecule has 1 aliphatic rings. The molecule has 2 aromatic rings. The van der Waals surface area contributed by atoms with Gasteiger partial charge in [0.15, 0.2) is 0 Å². The highest BCUT2D eigenvalue weighted by atomic mass is 35.5. The van der Waals surface area contributed by atoms with Crippen molar-refractivity contribution in [2.24, 2.45) is 0 Å². The molecule has 0 saturated carbocycles. The van der Waals surface area contributed by atoms with Crippen LogP contribution in [0.25, 0.3) is 0 Å². The van der Waals surface area contributed by atoms with E-state index in [1.54, 1.807) is 29.2 Å². The maximum absolute atomic E-state index is 12.7. The second kappa shape index (κ2) is 7.06. The molecular formula is C19H16ClN3O3. The van der Waals surface area contributed by atoms with Gasteiger partial charge < -0.3 is 14.9 Å². The van der Waals surface area contributed by atoms with E-state index in [-0.39, 0.29) is 35.2 Å². The number of carbonyl (C=O) groups excluding carboxylic acids is 2. The van der Waals surface area contributed by atoms with Crippen molar-refractivity contribution in [2.75, 3.05) is 18.0 Å². The molecule has 132 valence electrons. The summed E-state index contributed by atoms with van der Waals surface area (Å²) in [5.41, 5.74) is 1.53. The van der Waals surface area contributed by atoms with Crippen molar-refractivity contribution in [3.63, 3.8) is 0 Å². The molecule has 0 unspecified atom stereocenters. The van der Waals surface area contributed by atoms with Gasteiger partial charge in [0.05, 0.1) is 16.7 Å². The first-order valence-corrected chi connectivity index (χ1v) is 8.38. The topological polar surface area (TPSA) is 84.6 Å². The van der Waals surface area contributed by atoms with Gasteiger partial charge in [-0.25, -0.2) is 0 Å². The van der Waals surface area contributed by atoms with E-state index in [1.165, 1.54) is 23.1 Å². The Morgan fingerprint density at radius 1 is 1.27 bits per heavy atom. The molecule has 1 aliphatic heterocycles. The molecule has 1 fully saturated rings. The van der Waals surface area contributed by atoms with Crippen LogP contribution in [0.15, 0.2) is 42.5 Å². The lowest BCUT2D eigenvalue weighted by Gasteiger charge is -2.39. The molecule has 2 aromatic carbocycles. The van der Waals surface area contributed by atoms with Gasteiger partial charge in [-0.2, -0.15) is 5.26 Å². The molecule has 1 atom stereocenters. The van der Waals surface area contributed by atoms with Gasteiger partial charge in [-0.1, -0.05) is 11.6 Å². The van der Waals surface area contributed by atoms with E-state index < -0.39 is 0 Å². The maximum atomic E-state index is 12.7. The fraction of sp³-hybridized carbons (Fsp3) is 0.211. The third kappa shape index (κ3) is 3.35. The Morgan fingerprint density at radius 3 is 2.58 bits per heavy atom. The summed E-state index contributed by atoms with van der Waals surface area (Å²) in [7, 11) is 0. The first-order chi connectivity index (χ1) is 12.4. The van der Waals surface area contributed by atoms with Crippen LogP contribution in [-0.2, 0) is 4.79 Å². The van der Waals surface area contributed by atoms with Crippen LogP contribution in [0.2, 0.25) is 5.02 Å². The van der Waals surface area contributed by atoms with Crippen molar-refractivity contribution in [1.29, 1.82) is 5.26 Å². The van der Waals surface area contributed by atoms with Crippen molar-refractivity contribution >= 4 is 29.1 Å². The van der Waals surface area contributed by atoms with Crippen LogP contribution < -0.4 is 4.90 Å². The predicted molar refractivity (Wildman–Crippen MR) is 97.1 cm³/mol. The minimum absolute atomic E-state index is 0.0570. The summed E-state index contributed by atoms with van der Waals surface area (Å²) in [6, 6.07) is 12.8. The number of nitrogens with zero attached hydrogens (tertiary/aromatic N) is 3. The SMILES string of the molecule is C[C@H]1CN(c2ccc(C#N)cc2)C(=O)CN1C(=O)c1ccc(O)c(Cl)c1. The van der Waals surface area contributed by atoms with Gasteiger partial charge in [-0.3, -0.25) is 9.59 Å². The van der Waals surface area contributed by atoms with Crippen LogP contribution in [0.4, 0.5) is 5.69 Å². The maximum Gasteiger partial charge on any atom is 0.254 e. The Bertz CT molecular complexity index is 905. The van der Waals surface area contributed by atoms with Crippen molar-refractivity contribution in [3.05, 3.63) is 58.6 Å². The lowest BCUT2D eigenvalue weighted by Crippen LogP contribution is -2.57. The molecule has 3 rings (SSSR count). The quantitative estimate of drug-likeness (QED) is 0.882. The summed E-state index contributed by atoms with van der Waals surface area (Å²) in [6.07, 6.45) is 0. The van der Waals surface area contributed by atoms with Crippen molar-refractivity contribution in [1.82, 2.24) is 4.90 Å². The zero-order valence-electron chi connectivity index (χ0n) is 14.0. The fourth-order valence-corrected chi connectivity index (χ4v) is 3.08. The van der Waals surface area contributed by atoms with Crippen LogP contribution in [0, 0.1) is 11.3 Å². The van der Waals surface area contributed by atoms with Crippen molar-refractivity contribution < 1.29 is 14.7 Å². The van der Waals surface area contributed by atoms with Gasteiger partial charge in [0.2, 0.25) is 5.91 Å². The number of phenolic OH excluding ortho intramolecular Hbond substituents is 1. The molecule has 2 amide bonds. The van der Waals surface area contributed by atoms with E-state index in [1.807, 2.05) is 13.0 Å². The molecule has 26 heavy (non-hydrogen) atoms. The Morgan fingerprint density at radius 2 is 1.96 bits per heavy atom. The lowest BCUT2D eigenvalue weighted by molar-refractivity contribution is -0.121. The smallest absolute Gasteiger partial charge is 0.254 e. The monoisotopic (exact) mass is 369 g/mol. The number of carbonyl (C=O) groups is 2. The number of hydrogen-bond donors (Lipinski definition) is 1. The number of hydrogen-bond acceptors (Lipinski definition) is 4. The van der Waals surface area contributed by atoms with E-state index in [2.05, 4.69) is 0 Å². The first kappa shape index (κ1) is 17.8. The number of amides is 2. The van der Waals surface area contributed by atoms with Crippen molar-refractivity contribution in [3.8, 4) is 11.8 Å². The number of phenols is 1. The summed E-state index contributed by atoms with van der Waals surface area (Å²) >= 11 is 5.87. The molecule has 0 aromatic heterocycles. The van der Waals surface area contributed by atoms with E-state index in [9.17, 15) is 14.7 Å². The van der Waals surface area contributed by atoms with Gasteiger partial charge in [0.1, 0.15) is 12.3 Å². The Hall–Kier alpha value is -3.04. The number of halogens is 1. The zero-order chi connectivity index (χ0) is 18.8. The highest BCUT2D eigenvalue weighted by molar-refractivity contribution is 6.32. The minimum atomic E-state index is -0.313. The zero-order valence-corrected chi connectivity index (χ0v) is 14.8. The van der Waals surface area contributed by atoms with Crippen molar-refractivity contribution in [2.45, 2.75) is 13.0 Å². The molecule has 0 bridgehead atoms. The number of aromatic hydroxyl groups is 1. The molecule has 0 spiro atoms. The highest BCUT2D eigenvalue weighted by Gasteiger charge is 2.33. The van der Waals surface area contributed by atoms with E-state index in [0.717, 1.165) is 0 Å². The summed E-state index contributed by atoms with van der Waals surface area (Å²) < 4.78 is 0. The summed E-state index contributed by atoms with van der Waals surface area (Å²) in [4.78, 5) is 28.4. The number of rotatable bonds is 2. The van der Waals surface area contributed by atoms with E-state index in [4.69, 9.17) is 16.9 Å². The normalized spacial score (nSPS) is 17.1. The standard InChI is InChI=1S/C19H16ClN3O3/c1-12-10-23(15-5-2-13(9-21)3-6-15)18(25)11-22(12)19(26)14-4-7-17(24)16(20)8-14/h2-8,12,24H,10-11H2,1H3/t12-/m0/s1. The van der Waals surface area contributed by atoms with Gasteiger partial charge >= 0.3 is 0 Å². The molecule has 1 N–H and O–H groups in total. The van der Waals surface area contributed by atoms with Gasteiger partial charge in [0, 0.05) is 23.8 Å². The Labute approximate surface area is 155 Å². The second-order valence-electron chi connectivity index (χ2n) is 6.11. The van der Waals surface area contributed by atoms with Gasteiger partial charge in [-0.15, -0.1) is 0 Å². The lowest BCUT2D eigenvalue weighted by atomic mass is 10.1. The third-order valence-electron chi connectivity index (χ3n) is 4.35. The highest BCUT2D eigenvalue weighted by Crippen LogP contribution is 2.26. The van der Waals surface area contributed by atoms with Crippen LogP contribution in [0.1, 0.15) is 22.8 Å². The van der Waals surface area contributed by atoms with Crippen LogP contribution >= 0.6 is 11.6 Å². The average Bonchev–Trinajstić information content (AvgIpc) is 2.65. The van der Waals surface area contributed by atoms with Gasteiger partial charge in [-0.05, 0) is 49.4 Å². The fourth-order valence-electron chi connectivity index (χ4n) is 2.89. The molecule has 0 radical (unpaired) electrons. The number of benzene rings is 2. The summed E-state index contributed by atoms with van der Waals surface area (Å²) in [6.45, 7) is 2.16. The van der Waals surface area contributed by atoms with E-state index >= 15 is 0 Å². The number of anilines is 1. The molecule has 0 aliphatic carbocycles. The predicted octanol–water partition coefficient (Wildman–Crippen LogP) is 2.79. The van der Waals surface area contributed by atoms with Crippen LogP contribution in [-0.4, -0.2) is 41.0 Å². The second-order valence-corrected chi connectivity index (χ2v) is 6.52. The molecule has 1 saturated heterocycles. The third-order valence-corrected chi connectivity index (χ3v) is 4.65. The van der Waals surface area contributed by atoms with Crippen LogP contribution in [0.5, 0.6) is 5.75 Å². The van der Waals surface area contributed by atoms with Gasteiger partial charge in [0.25, 0.3) is 5.91 Å². The number of piperazine rings is 1. The largest absolute Gasteiger partial charge is 0.506 e. The molecule has 7 heteroatoms. The summed E-state index contributed by atoms with van der Waals surface area (Å²) in [5.74, 6) is -0.615. The van der Waals surface area contributed by atoms with Crippen LogP contribution in [0.3, 0.4) is 0 Å².